The first-order chi connectivity index (χ1) is 8.09. The van der Waals surface area contributed by atoms with Gasteiger partial charge < -0.3 is 4.42 Å². The van der Waals surface area contributed by atoms with Gasteiger partial charge in [0.25, 0.3) is 0 Å². The Morgan fingerprint density at radius 3 is 2.82 bits per heavy atom. The lowest BCUT2D eigenvalue weighted by molar-refractivity contribution is 0.0915. The average molecular weight is 228 g/mol. The molecule has 0 radical (unpaired) electrons. The number of hydrogen-bond donors (Lipinski definition) is 0. The monoisotopic (exact) mass is 228 g/mol. The molecule has 0 bridgehead atoms. The van der Waals surface area contributed by atoms with Gasteiger partial charge in [0.2, 0.25) is 0 Å². The topological polar surface area (TPSA) is 30.2 Å². The Kier molecular flexibility index (Phi) is 2.15. The molecule has 1 heterocycles. The third-order valence-electron chi connectivity index (χ3n) is 3.90. The van der Waals surface area contributed by atoms with Crippen LogP contribution >= 0.6 is 0 Å². The summed E-state index contributed by atoms with van der Waals surface area (Å²) in [4.78, 5) is 12.4. The van der Waals surface area contributed by atoms with Gasteiger partial charge in [-0.25, -0.2) is 0 Å². The second-order valence-corrected chi connectivity index (χ2v) is 5.14. The first-order valence-electron chi connectivity index (χ1n) is 6.14. The van der Waals surface area contributed by atoms with Crippen molar-refractivity contribution in [1.82, 2.24) is 0 Å². The maximum absolute atomic E-state index is 12.4. The lowest BCUT2D eigenvalue weighted by Gasteiger charge is -2.22. The summed E-state index contributed by atoms with van der Waals surface area (Å²) in [7, 11) is 0. The Hall–Kier alpha value is -1.57. The van der Waals surface area contributed by atoms with Gasteiger partial charge in [0.05, 0.1) is 6.26 Å². The summed E-state index contributed by atoms with van der Waals surface area (Å²) >= 11 is 0. The molecule has 88 valence electrons. The van der Waals surface area contributed by atoms with E-state index in [1.165, 1.54) is 11.1 Å². The molecule has 1 aromatic heterocycles. The minimum Gasteiger partial charge on any atom is -0.464 e. The summed E-state index contributed by atoms with van der Waals surface area (Å²) in [5, 5.41) is 1.03. The zero-order valence-electron chi connectivity index (χ0n) is 10.5. The van der Waals surface area contributed by atoms with Crippen molar-refractivity contribution in [3.05, 3.63) is 34.6 Å². The summed E-state index contributed by atoms with van der Waals surface area (Å²) in [5.41, 5.74) is 5.25. The molecule has 1 aromatic carbocycles. The maximum atomic E-state index is 12.4. The van der Waals surface area contributed by atoms with Crippen molar-refractivity contribution in [2.24, 2.45) is 5.92 Å². The second kappa shape index (κ2) is 3.46. The number of ketones is 1. The number of hydrogen-bond acceptors (Lipinski definition) is 2. The van der Waals surface area contributed by atoms with E-state index in [4.69, 9.17) is 4.42 Å². The molecule has 1 aliphatic rings. The smallest absolute Gasteiger partial charge is 0.166 e. The van der Waals surface area contributed by atoms with Gasteiger partial charge >= 0.3 is 0 Å². The minimum atomic E-state index is 0.141. The van der Waals surface area contributed by atoms with Gasteiger partial charge in [0.15, 0.2) is 5.78 Å². The van der Waals surface area contributed by atoms with Crippen molar-refractivity contribution in [2.45, 2.75) is 33.6 Å². The molecule has 1 aliphatic carbocycles. The van der Waals surface area contributed by atoms with Crippen LogP contribution in [0.15, 0.2) is 16.7 Å². The standard InChI is InChI=1S/C15H16O2/c1-8-4-5-11-9(2)6-12-13(10(3)7-17-12)14(11)15(8)16/h6-8H,4-5H2,1-3H3/t8-/m0/s1. The number of benzene rings is 1. The maximum Gasteiger partial charge on any atom is 0.166 e. The normalized spacial score (nSPS) is 19.7. The quantitative estimate of drug-likeness (QED) is 0.686. The summed E-state index contributed by atoms with van der Waals surface area (Å²) < 4.78 is 5.53. The number of furan rings is 1. The van der Waals surface area contributed by atoms with E-state index in [9.17, 15) is 4.79 Å². The molecule has 0 saturated heterocycles. The zero-order chi connectivity index (χ0) is 12.2. The van der Waals surface area contributed by atoms with Gasteiger partial charge in [-0.15, -0.1) is 0 Å². The number of carbonyl (C=O) groups excluding carboxylic acids is 1. The predicted molar refractivity (Wildman–Crippen MR) is 67.5 cm³/mol. The highest BCUT2D eigenvalue weighted by Crippen LogP contribution is 2.36. The first kappa shape index (κ1) is 10.6. The third-order valence-corrected chi connectivity index (χ3v) is 3.90. The van der Waals surface area contributed by atoms with Crippen molar-refractivity contribution in [2.75, 3.05) is 0 Å². The largest absolute Gasteiger partial charge is 0.464 e. The molecule has 3 rings (SSSR count). The predicted octanol–water partition coefficient (Wildman–Crippen LogP) is 3.81. The summed E-state index contributed by atoms with van der Waals surface area (Å²) in [6, 6.07) is 2.06. The Morgan fingerprint density at radius 2 is 2.06 bits per heavy atom. The molecular formula is C15H16O2. The molecule has 2 heteroatoms. The number of aryl methyl sites for hydroxylation is 2. The van der Waals surface area contributed by atoms with Gasteiger partial charge in [-0.2, -0.15) is 0 Å². The van der Waals surface area contributed by atoms with E-state index >= 15 is 0 Å². The Morgan fingerprint density at radius 1 is 1.29 bits per heavy atom. The fraction of sp³-hybridized carbons (Fsp3) is 0.400. The van der Waals surface area contributed by atoms with E-state index < -0.39 is 0 Å². The van der Waals surface area contributed by atoms with Crippen molar-refractivity contribution >= 4 is 16.8 Å². The van der Waals surface area contributed by atoms with E-state index in [1.54, 1.807) is 6.26 Å². The van der Waals surface area contributed by atoms with Crippen molar-refractivity contribution in [3.63, 3.8) is 0 Å². The van der Waals surface area contributed by atoms with Crippen LogP contribution in [0.1, 0.15) is 40.4 Å². The van der Waals surface area contributed by atoms with Crippen molar-refractivity contribution < 1.29 is 9.21 Å². The Bertz CT molecular complexity index is 619. The average Bonchev–Trinajstić information content (AvgIpc) is 2.65. The Labute approximate surface area is 101 Å². The number of Topliss-reactive ketones (excluding diaryl/α,β-unsaturated/α-hetero) is 1. The van der Waals surface area contributed by atoms with Crippen LogP contribution < -0.4 is 0 Å². The third kappa shape index (κ3) is 1.36. The van der Waals surface area contributed by atoms with Crippen LogP contribution in [-0.2, 0) is 6.42 Å². The van der Waals surface area contributed by atoms with E-state index in [1.807, 2.05) is 13.8 Å². The van der Waals surface area contributed by atoms with Gasteiger partial charge in [-0.1, -0.05) is 6.92 Å². The first-order valence-corrected chi connectivity index (χ1v) is 6.14. The van der Waals surface area contributed by atoms with Crippen LogP contribution in [-0.4, -0.2) is 5.78 Å². The van der Waals surface area contributed by atoms with Crippen LogP contribution in [0.25, 0.3) is 11.0 Å². The minimum absolute atomic E-state index is 0.141. The number of carbonyl (C=O) groups is 1. The van der Waals surface area contributed by atoms with E-state index in [2.05, 4.69) is 13.0 Å². The van der Waals surface area contributed by atoms with Crippen LogP contribution in [0.2, 0.25) is 0 Å². The highest BCUT2D eigenvalue weighted by Gasteiger charge is 2.28. The molecule has 0 spiro atoms. The van der Waals surface area contributed by atoms with Crippen molar-refractivity contribution in [1.29, 1.82) is 0 Å². The number of fused-ring (bicyclic) bond motifs is 3. The van der Waals surface area contributed by atoms with Gasteiger partial charge in [-0.05, 0) is 49.4 Å². The highest BCUT2D eigenvalue weighted by atomic mass is 16.3. The molecule has 0 amide bonds. The molecule has 0 saturated carbocycles. The molecule has 0 unspecified atom stereocenters. The van der Waals surface area contributed by atoms with E-state index in [0.29, 0.717) is 0 Å². The molecule has 2 nitrogen and oxygen atoms in total. The fourth-order valence-corrected chi connectivity index (χ4v) is 2.85. The van der Waals surface area contributed by atoms with E-state index in [-0.39, 0.29) is 11.7 Å². The van der Waals surface area contributed by atoms with Gasteiger partial charge in [0, 0.05) is 16.9 Å². The lowest BCUT2D eigenvalue weighted by atomic mass is 9.80. The van der Waals surface area contributed by atoms with Crippen molar-refractivity contribution in [3.8, 4) is 0 Å². The van der Waals surface area contributed by atoms with Crippen LogP contribution in [0.4, 0.5) is 0 Å². The van der Waals surface area contributed by atoms with Crippen LogP contribution in [0.5, 0.6) is 0 Å². The van der Waals surface area contributed by atoms with Gasteiger partial charge in [-0.3, -0.25) is 4.79 Å². The molecule has 1 atom stereocenters. The molecule has 2 aromatic rings. The fourth-order valence-electron chi connectivity index (χ4n) is 2.85. The van der Waals surface area contributed by atoms with E-state index in [0.717, 1.165) is 34.9 Å². The number of rotatable bonds is 0. The highest BCUT2D eigenvalue weighted by molar-refractivity contribution is 6.11. The summed E-state index contributed by atoms with van der Waals surface area (Å²) in [6.45, 7) is 6.10. The molecule has 17 heavy (non-hydrogen) atoms. The summed E-state index contributed by atoms with van der Waals surface area (Å²) in [6.07, 6.45) is 3.72. The summed E-state index contributed by atoms with van der Waals surface area (Å²) in [5.74, 6) is 0.422. The molecule has 0 fully saturated rings. The molecule has 0 aliphatic heterocycles. The zero-order valence-corrected chi connectivity index (χ0v) is 10.5. The molecule has 0 N–H and O–H groups in total. The second-order valence-electron chi connectivity index (χ2n) is 5.14. The lowest BCUT2D eigenvalue weighted by Crippen LogP contribution is -2.21. The van der Waals surface area contributed by atoms with Gasteiger partial charge in [0.1, 0.15) is 5.58 Å². The van der Waals surface area contributed by atoms with Crippen LogP contribution in [0.3, 0.4) is 0 Å². The Balaban J connectivity index is 2.44. The van der Waals surface area contributed by atoms with Crippen LogP contribution in [0, 0.1) is 19.8 Å². The molecular weight excluding hydrogens is 212 g/mol. The SMILES string of the molecule is Cc1cc2occ(C)c2c2c1CC[C@H](C)C2=O.